The quantitative estimate of drug-likeness (QED) is 0.840. The predicted molar refractivity (Wildman–Crippen MR) is 99.3 cm³/mol. The number of benzene rings is 1. The van der Waals surface area contributed by atoms with Crippen LogP contribution in [0.25, 0.3) is 0 Å². The van der Waals surface area contributed by atoms with Gasteiger partial charge in [0.15, 0.2) is 0 Å². The van der Waals surface area contributed by atoms with Gasteiger partial charge in [0.25, 0.3) is 0 Å². The maximum absolute atomic E-state index is 5.72. The van der Waals surface area contributed by atoms with Crippen LogP contribution in [-0.2, 0) is 13.1 Å². The smallest absolute Gasteiger partial charge is 0.315 e. The minimum absolute atomic E-state index is 0.0311. The summed E-state index contributed by atoms with van der Waals surface area (Å²) < 4.78 is 5.72. The first-order valence-corrected chi connectivity index (χ1v) is 9.08. The van der Waals surface area contributed by atoms with Crippen LogP contribution in [0.15, 0.2) is 34.7 Å². The Morgan fingerprint density at radius 1 is 1.20 bits per heavy atom. The van der Waals surface area contributed by atoms with Gasteiger partial charge in [-0.1, -0.05) is 35.4 Å². The Labute approximate surface area is 150 Å². The molecule has 2 N–H and O–H groups in total. The number of hydrogen-bond acceptors (Lipinski definition) is 6. The first-order valence-electron chi connectivity index (χ1n) is 9.08. The van der Waals surface area contributed by atoms with Crippen molar-refractivity contribution >= 4 is 6.01 Å². The zero-order valence-corrected chi connectivity index (χ0v) is 15.5. The predicted octanol–water partition coefficient (Wildman–Crippen LogP) is 3.03. The highest BCUT2D eigenvalue weighted by Crippen LogP contribution is 2.17. The Balaban J connectivity index is 1.50. The molecule has 1 aromatic heterocycles. The van der Waals surface area contributed by atoms with Gasteiger partial charge in [-0.05, 0) is 45.7 Å². The first kappa shape index (κ1) is 17.9. The van der Waals surface area contributed by atoms with Crippen molar-refractivity contribution in [1.29, 1.82) is 0 Å². The van der Waals surface area contributed by atoms with Gasteiger partial charge in [0.05, 0.1) is 6.54 Å². The minimum atomic E-state index is 0.0311. The van der Waals surface area contributed by atoms with Gasteiger partial charge in [0.2, 0.25) is 5.89 Å². The third-order valence-corrected chi connectivity index (χ3v) is 4.32. The lowest BCUT2D eigenvalue weighted by molar-refractivity contribution is 0.207. The molecule has 2 heterocycles. The fourth-order valence-electron chi connectivity index (χ4n) is 3.06. The van der Waals surface area contributed by atoms with Crippen molar-refractivity contribution in [1.82, 2.24) is 20.4 Å². The van der Waals surface area contributed by atoms with Crippen molar-refractivity contribution in [3.8, 4) is 0 Å². The highest BCUT2D eigenvalue weighted by molar-refractivity contribution is 5.20. The molecule has 1 aromatic carbocycles. The molecule has 0 radical (unpaired) electrons. The monoisotopic (exact) mass is 343 g/mol. The lowest BCUT2D eigenvalue weighted by atomic mass is 10.0. The van der Waals surface area contributed by atoms with Gasteiger partial charge in [-0.2, -0.15) is 0 Å². The second-order valence-corrected chi connectivity index (χ2v) is 7.81. The summed E-state index contributed by atoms with van der Waals surface area (Å²) in [7, 11) is 0. The van der Waals surface area contributed by atoms with Crippen LogP contribution >= 0.6 is 0 Å². The van der Waals surface area contributed by atoms with Gasteiger partial charge in [0.1, 0.15) is 0 Å². The highest BCUT2D eigenvalue weighted by atomic mass is 16.4. The molecule has 0 saturated carbocycles. The normalized spacial score (nSPS) is 19.1. The number of rotatable bonds is 6. The summed E-state index contributed by atoms with van der Waals surface area (Å²) in [5.74, 6) is 0.620. The summed E-state index contributed by atoms with van der Waals surface area (Å²) in [5.41, 5.74) is 1.39. The average molecular weight is 343 g/mol. The lowest BCUT2D eigenvalue weighted by Gasteiger charge is -2.32. The molecule has 1 unspecified atom stereocenters. The van der Waals surface area contributed by atoms with E-state index in [1.54, 1.807) is 0 Å². The van der Waals surface area contributed by atoms with E-state index in [9.17, 15) is 0 Å². The Hall–Kier alpha value is -1.92. The molecule has 0 bridgehead atoms. The highest BCUT2D eigenvalue weighted by Gasteiger charge is 2.21. The van der Waals surface area contributed by atoms with Gasteiger partial charge in [0, 0.05) is 24.7 Å². The van der Waals surface area contributed by atoms with Gasteiger partial charge in [-0.3, -0.25) is 4.90 Å². The number of likely N-dealkylation sites (tertiary alicyclic amines) is 1. The zero-order valence-electron chi connectivity index (χ0n) is 15.5. The van der Waals surface area contributed by atoms with Crippen molar-refractivity contribution < 1.29 is 4.42 Å². The second-order valence-electron chi connectivity index (χ2n) is 7.81. The molecule has 1 aliphatic rings. The van der Waals surface area contributed by atoms with Crippen molar-refractivity contribution in [2.24, 2.45) is 0 Å². The number of nitrogens with zero attached hydrogens (tertiary/aromatic N) is 3. The molecule has 1 aliphatic heterocycles. The Kier molecular flexibility index (Phi) is 5.71. The molecule has 25 heavy (non-hydrogen) atoms. The summed E-state index contributed by atoms with van der Waals surface area (Å²) in [6, 6.07) is 11.5. The maximum Gasteiger partial charge on any atom is 0.315 e. The SMILES string of the molecule is CC(C)(C)NCc1nnc(NC2CCCN(Cc3ccccc3)C2)o1. The molecule has 3 rings (SSSR count). The third kappa shape index (κ3) is 5.83. The largest absolute Gasteiger partial charge is 0.407 e. The molecule has 6 heteroatoms. The molecule has 1 fully saturated rings. The van der Waals surface area contributed by atoms with Crippen LogP contribution < -0.4 is 10.6 Å². The van der Waals surface area contributed by atoms with Crippen molar-refractivity contribution in [3.63, 3.8) is 0 Å². The molecular formula is C19H29N5O. The Morgan fingerprint density at radius 3 is 2.76 bits per heavy atom. The fourth-order valence-corrected chi connectivity index (χ4v) is 3.06. The lowest BCUT2D eigenvalue weighted by Crippen LogP contribution is -2.41. The number of nitrogens with one attached hydrogen (secondary N) is 2. The molecule has 0 aliphatic carbocycles. The van der Waals surface area contributed by atoms with Crippen LogP contribution in [0, 0.1) is 0 Å². The molecule has 136 valence electrons. The van der Waals surface area contributed by atoms with E-state index in [0.717, 1.165) is 26.1 Å². The second kappa shape index (κ2) is 7.97. The van der Waals surface area contributed by atoms with Crippen LogP contribution in [-0.4, -0.2) is 39.8 Å². The van der Waals surface area contributed by atoms with E-state index < -0.39 is 0 Å². The number of aromatic nitrogens is 2. The van der Waals surface area contributed by atoms with Crippen molar-refractivity contribution in [2.45, 2.75) is 58.3 Å². The van der Waals surface area contributed by atoms with E-state index in [-0.39, 0.29) is 5.54 Å². The summed E-state index contributed by atoms with van der Waals surface area (Å²) in [5, 5.41) is 15.0. The Morgan fingerprint density at radius 2 is 2.00 bits per heavy atom. The molecule has 1 saturated heterocycles. The fraction of sp³-hybridized carbons (Fsp3) is 0.579. The number of piperidine rings is 1. The zero-order chi connectivity index (χ0) is 17.7. The van der Waals surface area contributed by atoms with Gasteiger partial charge < -0.3 is 15.1 Å². The van der Waals surface area contributed by atoms with Crippen LogP contribution in [0.5, 0.6) is 0 Å². The van der Waals surface area contributed by atoms with Crippen molar-refractivity contribution in [2.75, 3.05) is 18.4 Å². The van der Waals surface area contributed by atoms with Crippen LogP contribution in [0.4, 0.5) is 6.01 Å². The minimum Gasteiger partial charge on any atom is -0.407 e. The third-order valence-electron chi connectivity index (χ3n) is 4.32. The van der Waals surface area contributed by atoms with E-state index in [0.29, 0.717) is 24.5 Å². The molecule has 0 amide bonds. The van der Waals surface area contributed by atoms with E-state index >= 15 is 0 Å². The van der Waals surface area contributed by atoms with Crippen LogP contribution in [0.2, 0.25) is 0 Å². The number of anilines is 1. The molecule has 6 nitrogen and oxygen atoms in total. The van der Waals surface area contributed by atoms with Crippen LogP contribution in [0.1, 0.15) is 45.1 Å². The number of hydrogen-bond donors (Lipinski definition) is 2. The molecule has 1 atom stereocenters. The van der Waals surface area contributed by atoms with E-state index in [2.05, 4.69) is 76.8 Å². The molecular weight excluding hydrogens is 314 g/mol. The topological polar surface area (TPSA) is 66.2 Å². The van der Waals surface area contributed by atoms with Crippen LogP contribution in [0.3, 0.4) is 0 Å². The summed E-state index contributed by atoms with van der Waals surface area (Å²) in [6.45, 7) is 10.1. The summed E-state index contributed by atoms with van der Waals surface area (Å²) >= 11 is 0. The summed E-state index contributed by atoms with van der Waals surface area (Å²) in [6.07, 6.45) is 2.31. The van der Waals surface area contributed by atoms with E-state index in [1.165, 1.54) is 12.0 Å². The van der Waals surface area contributed by atoms with Gasteiger partial charge in [-0.15, -0.1) is 5.10 Å². The van der Waals surface area contributed by atoms with E-state index in [4.69, 9.17) is 4.42 Å². The maximum atomic E-state index is 5.72. The van der Waals surface area contributed by atoms with Gasteiger partial charge >= 0.3 is 6.01 Å². The average Bonchev–Trinajstić information content (AvgIpc) is 3.01. The van der Waals surface area contributed by atoms with Gasteiger partial charge in [-0.25, -0.2) is 0 Å². The first-order chi connectivity index (χ1) is 12.0. The molecule has 0 spiro atoms. The van der Waals surface area contributed by atoms with Crippen molar-refractivity contribution in [3.05, 3.63) is 41.8 Å². The standard InChI is InChI=1S/C19H29N5O/c1-19(2,3)20-12-17-22-23-18(25-17)21-16-10-7-11-24(14-16)13-15-8-5-4-6-9-15/h4-6,8-9,16,20H,7,10-14H2,1-3H3,(H,21,23). The van der Waals surface area contributed by atoms with E-state index in [1.807, 2.05) is 0 Å². The molecule has 2 aromatic rings. The Bertz CT molecular complexity index is 649. The summed E-state index contributed by atoms with van der Waals surface area (Å²) in [4.78, 5) is 2.48.